The molecule has 0 unspecified atom stereocenters. The first-order valence-electron chi connectivity index (χ1n) is 11.7. The molecular formula is C24H21ClF3N7O5. The number of carbonyl (C=O) groups excluding carboxylic acids is 2. The third kappa shape index (κ3) is 6.20. The highest BCUT2D eigenvalue weighted by Gasteiger charge is 2.29. The number of ether oxygens (including phenoxy) is 2. The number of pyridine rings is 1. The first-order chi connectivity index (χ1) is 19.0. The van der Waals surface area contributed by atoms with E-state index in [0.717, 1.165) is 21.0 Å². The minimum Gasteiger partial charge on any atom is -0.463 e. The van der Waals surface area contributed by atoms with E-state index in [1.165, 1.54) is 42.7 Å². The fourth-order valence-corrected chi connectivity index (χ4v) is 3.81. The zero-order chi connectivity index (χ0) is 29.0. The molecule has 0 aliphatic carbocycles. The van der Waals surface area contributed by atoms with Crippen LogP contribution in [0, 0.1) is 0 Å². The van der Waals surface area contributed by atoms with Gasteiger partial charge >= 0.3 is 23.8 Å². The Morgan fingerprint density at radius 3 is 2.45 bits per heavy atom. The summed E-state index contributed by atoms with van der Waals surface area (Å²) in [6, 6.07) is 7.41. The third-order valence-electron chi connectivity index (χ3n) is 5.48. The average Bonchev–Trinajstić information content (AvgIpc) is 3.48. The van der Waals surface area contributed by atoms with Gasteiger partial charge in [0, 0.05) is 23.3 Å². The van der Waals surface area contributed by atoms with Gasteiger partial charge < -0.3 is 9.47 Å². The molecule has 0 saturated heterocycles. The topological polar surface area (TPSA) is 136 Å². The fraction of sp³-hybridized carbons (Fsp3) is 0.292. The Kier molecular flexibility index (Phi) is 8.32. The van der Waals surface area contributed by atoms with Crippen LogP contribution in [0.3, 0.4) is 0 Å². The summed E-state index contributed by atoms with van der Waals surface area (Å²) >= 11 is 5.92. The molecule has 0 amide bonds. The molecule has 3 aromatic heterocycles. The van der Waals surface area contributed by atoms with Crippen molar-refractivity contribution in [1.82, 2.24) is 34.1 Å². The maximum absolute atomic E-state index is 13.2. The van der Waals surface area contributed by atoms with Crippen molar-refractivity contribution in [3.8, 4) is 17.1 Å². The second-order valence-electron chi connectivity index (χ2n) is 8.16. The number of nitrogens with zero attached hydrogens (tertiary/aromatic N) is 7. The van der Waals surface area contributed by atoms with Crippen molar-refractivity contribution in [2.24, 2.45) is 0 Å². The average molecular weight is 580 g/mol. The van der Waals surface area contributed by atoms with Crippen molar-refractivity contribution in [2.75, 3.05) is 13.7 Å². The van der Waals surface area contributed by atoms with Gasteiger partial charge in [-0.15, -0.1) is 10.2 Å². The summed E-state index contributed by atoms with van der Waals surface area (Å²) in [5.41, 5.74) is -0.438. The van der Waals surface area contributed by atoms with E-state index in [-0.39, 0.29) is 35.3 Å². The zero-order valence-corrected chi connectivity index (χ0v) is 21.8. The van der Waals surface area contributed by atoms with Crippen LogP contribution in [0.25, 0.3) is 17.1 Å². The molecule has 12 nitrogen and oxygen atoms in total. The second kappa shape index (κ2) is 11.7. The number of hydrogen-bond acceptors (Lipinski definition) is 9. The van der Waals surface area contributed by atoms with E-state index in [1.54, 1.807) is 6.92 Å². The van der Waals surface area contributed by atoms with Crippen LogP contribution in [0.4, 0.5) is 13.2 Å². The quantitative estimate of drug-likeness (QED) is 0.274. The maximum atomic E-state index is 13.2. The molecule has 210 valence electrons. The normalized spacial score (nSPS) is 11.4. The Balaban J connectivity index is 1.79. The van der Waals surface area contributed by atoms with Crippen LogP contribution in [0.5, 0.6) is 0 Å². The van der Waals surface area contributed by atoms with E-state index in [0.29, 0.717) is 10.6 Å². The number of aromatic nitrogens is 7. The lowest BCUT2D eigenvalue weighted by molar-refractivity contribution is -0.136. The lowest BCUT2D eigenvalue weighted by Gasteiger charge is -2.09. The summed E-state index contributed by atoms with van der Waals surface area (Å²) in [7, 11) is 1.11. The molecule has 3 heterocycles. The van der Waals surface area contributed by atoms with E-state index in [4.69, 9.17) is 21.1 Å². The summed E-state index contributed by atoms with van der Waals surface area (Å²) in [6.07, 6.45) is -3.18. The van der Waals surface area contributed by atoms with Crippen molar-refractivity contribution < 1.29 is 32.2 Å². The molecule has 1 aromatic carbocycles. The molecule has 0 fully saturated rings. The van der Waals surface area contributed by atoms with Crippen LogP contribution < -0.4 is 5.69 Å². The van der Waals surface area contributed by atoms with E-state index in [9.17, 15) is 27.6 Å². The van der Waals surface area contributed by atoms with Crippen LogP contribution in [-0.2, 0) is 22.6 Å². The number of methoxy groups -OCH3 is 1. The molecule has 4 aromatic rings. The molecule has 0 saturated carbocycles. The molecule has 0 aliphatic rings. The van der Waals surface area contributed by atoms with Crippen molar-refractivity contribution in [3.63, 3.8) is 0 Å². The van der Waals surface area contributed by atoms with Crippen LogP contribution in [0.2, 0.25) is 5.02 Å². The first kappa shape index (κ1) is 28.5. The summed E-state index contributed by atoms with van der Waals surface area (Å²) in [5.74, 6) is -2.12. The van der Waals surface area contributed by atoms with Gasteiger partial charge in [-0.05, 0) is 37.3 Å². The Labute approximate surface area is 228 Å². The molecular weight excluding hydrogens is 559 g/mol. The minimum absolute atomic E-state index is 0.0251. The van der Waals surface area contributed by atoms with Gasteiger partial charge in [0.05, 0.1) is 31.9 Å². The highest BCUT2D eigenvalue weighted by molar-refractivity contribution is 6.30. The molecule has 0 aliphatic heterocycles. The first-order valence-corrected chi connectivity index (χ1v) is 12.1. The SMILES string of the molecule is CCOC(=O)c1ccncc1-n1nc(Cn2nc(-c3ccc(Cl)cc3)n(CCC(F)(F)F)c2=O)nc1C(=O)OC. The van der Waals surface area contributed by atoms with Gasteiger partial charge in [0.2, 0.25) is 5.82 Å². The smallest absolute Gasteiger partial charge is 0.390 e. The molecule has 4 rings (SSSR count). The van der Waals surface area contributed by atoms with Crippen molar-refractivity contribution in [3.05, 3.63) is 75.4 Å². The van der Waals surface area contributed by atoms with Gasteiger partial charge in [0.25, 0.3) is 0 Å². The third-order valence-corrected chi connectivity index (χ3v) is 5.73. The standard InChI is InChI=1S/C24H21ClF3N7O5/c1-3-40-21(36)16-8-10-29-12-17(16)35-20(22(37)39-2)30-18(31-35)13-34-23(38)33(11-9-24(26,27)28)19(32-34)14-4-6-15(25)7-5-14/h4-8,10,12H,3,9,11,13H2,1-2H3. The summed E-state index contributed by atoms with van der Waals surface area (Å²) in [6.45, 7) is 0.595. The molecule has 16 heteroatoms. The van der Waals surface area contributed by atoms with E-state index in [2.05, 4.69) is 20.2 Å². The van der Waals surface area contributed by atoms with Crippen molar-refractivity contribution in [1.29, 1.82) is 0 Å². The number of halogens is 4. The number of esters is 2. The van der Waals surface area contributed by atoms with Gasteiger partial charge in [-0.25, -0.2) is 28.7 Å². The Bertz CT molecular complexity index is 1600. The highest BCUT2D eigenvalue weighted by Crippen LogP contribution is 2.24. The van der Waals surface area contributed by atoms with Gasteiger partial charge in [0.15, 0.2) is 11.6 Å². The maximum Gasteiger partial charge on any atom is 0.390 e. The number of hydrogen-bond donors (Lipinski definition) is 0. The van der Waals surface area contributed by atoms with Crippen LogP contribution in [-0.4, -0.2) is 65.9 Å². The predicted octanol–water partition coefficient (Wildman–Crippen LogP) is 3.30. The Morgan fingerprint density at radius 1 is 1.07 bits per heavy atom. The number of rotatable bonds is 9. The fourth-order valence-electron chi connectivity index (χ4n) is 3.68. The molecule has 0 spiro atoms. The van der Waals surface area contributed by atoms with Crippen LogP contribution >= 0.6 is 11.6 Å². The lowest BCUT2D eigenvalue weighted by atomic mass is 10.2. The second-order valence-corrected chi connectivity index (χ2v) is 8.59. The number of benzene rings is 1. The van der Waals surface area contributed by atoms with Gasteiger partial charge in [-0.1, -0.05) is 11.6 Å². The monoisotopic (exact) mass is 579 g/mol. The number of carbonyl (C=O) groups is 2. The molecule has 0 radical (unpaired) electrons. The summed E-state index contributed by atoms with van der Waals surface area (Å²) in [4.78, 5) is 46.3. The van der Waals surface area contributed by atoms with Crippen molar-refractivity contribution >= 4 is 23.5 Å². The molecule has 0 atom stereocenters. The largest absolute Gasteiger partial charge is 0.463 e. The van der Waals surface area contributed by atoms with Crippen LogP contribution in [0.1, 0.15) is 40.1 Å². The minimum atomic E-state index is -4.52. The highest BCUT2D eigenvalue weighted by atomic mass is 35.5. The Morgan fingerprint density at radius 2 is 1.80 bits per heavy atom. The molecule has 0 N–H and O–H groups in total. The van der Waals surface area contributed by atoms with Gasteiger partial charge in [-0.2, -0.15) is 13.2 Å². The molecule has 40 heavy (non-hydrogen) atoms. The van der Waals surface area contributed by atoms with E-state index in [1.807, 2.05) is 0 Å². The van der Waals surface area contributed by atoms with Crippen molar-refractivity contribution in [2.45, 2.75) is 32.6 Å². The zero-order valence-electron chi connectivity index (χ0n) is 21.1. The molecule has 0 bridgehead atoms. The van der Waals surface area contributed by atoms with Gasteiger partial charge in [0.1, 0.15) is 12.2 Å². The Hall–Kier alpha value is -4.53. The lowest BCUT2D eigenvalue weighted by Crippen LogP contribution is -2.27. The van der Waals surface area contributed by atoms with E-state index < -0.39 is 43.3 Å². The summed E-state index contributed by atoms with van der Waals surface area (Å²) < 4.78 is 51.6. The van der Waals surface area contributed by atoms with Gasteiger partial charge in [-0.3, -0.25) is 9.55 Å². The van der Waals surface area contributed by atoms with Crippen LogP contribution in [0.15, 0.2) is 47.5 Å². The summed E-state index contributed by atoms with van der Waals surface area (Å²) in [5, 5.41) is 8.85. The number of alkyl halides is 3. The van der Waals surface area contributed by atoms with E-state index >= 15 is 0 Å². The predicted molar refractivity (Wildman–Crippen MR) is 133 cm³/mol.